The minimum absolute atomic E-state index is 0.107. The van der Waals surface area contributed by atoms with Gasteiger partial charge in [-0.15, -0.1) is 0 Å². The maximum absolute atomic E-state index is 10.3. The Labute approximate surface area is 62.4 Å². The highest BCUT2D eigenvalue weighted by atomic mass is 16.4. The number of aromatic carboxylic acids is 1. The molecular formula is C6H6N2O3. The van der Waals surface area contributed by atoms with Gasteiger partial charge in [-0.1, -0.05) is 0 Å². The summed E-state index contributed by atoms with van der Waals surface area (Å²) in [4.78, 5) is 17.4. The zero-order valence-corrected chi connectivity index (χ0v) is 5.56. The normalized spacial score (nSPS) is 9.55. The summed E-state index contributed by atoms with van der Waals surface area (Å²) < 4.78 is 0. The molecule has 11 heavy (non-hydrogen) atoms. The molecule has 5 nitrogen and oxygen atoms in total. The largest absolute Gasteiger partial charge is 0.477 e. The smallest absolute Gasteiger partial charge is 0.354 e. The average molecular weight is 154 g/mol. The van der Waals surface area contributed by atoms with Crippen molar-refractivity contribution in [2.75, 3.05) is 0 Å². The lowest BCUT2D eigenvalue weighted by molar-refractivity contribution is 0.0689. The van der Waals surface area contributed by atoms with Crippen molar-refractivity contribution in [3.63, 3.8) is 0 Å². The van der Waals surface area contributed by atoms with Crippen molar-refractivity contribution in [2.24, 2.45) is 0 Å². The number of carboxylic acid groups (broad SMARTS) is 1. The van der Waals surface area contributed by atoms with Crippen molar-refractivity contribution in [2.45, 2.75) is 6.61 Å². The van der Waals surface area contributed by atoms with Gasteiger partial charge in [0.15, 0.2) is 11.5 Å². The number of carbonyl (C=O) groups is 1. The van der Waals surface area contributed by atoms with E-state index in [0.717, 1.165) is 0 Å². The second kappa shape index (κ2) is 3.07. The molecule has 0 aliphatic carbocycles. The molecule has 58 valence electrons. The first-order valence-electron chi connectivity index (χ1n) is 2.90. The van der Waals surface area contributed by atoms with Crippen LogP contribution < -0.4 is 0 Å². The molecule has 1 aromatic heterocycles. The van der Waals surface area contributed by atoms with E-state index >= 15 is 0 Å². The Kier molecular flexibility index (Phi) is 2.12. The zero-order valence-electron chi connectivity index (χ0n) is 5.56. The van der Waals surface area contributed by atoms with Gasteiger partial charge in [0.25, 0.3) is 0 Å². The van der Waals surface area contributed by atoms with Gasteiger partial charge in [0.1, 0.15) is 6.61 Å². The van der Waals surface area contributed by atoms with Crippen LogP contribution in [0.4, 0.5) is 0 Å². The molecule has 0 aliphatic rings. The number of hydrogen-bond acceptors (Lipinski definition) is 4. The first-order valence-corrected chi connectivity index (χ1v) is 2.90. The summed E-state index contributed by atoms with van der Waals surface area (Å²) in [5, 5.41) is 17.0. The van der Waals surface area contributed by atoms with Crippen LogP contribution in [-0.2, 0) is 6.61 Å². The Balaban J connectivity index is 3.01. The zero-order chi connectivity index (χ0) is 8.27. The van der Waals surface area contributed by atoms with Crippen LogP contribution in [0.3, 0.4) is 0 Å². The average Bonchev–Trinajstić information content (AvgIpc) is 2.05. The molecule has 0 fully saturated rings. The molecule has 5 heteroatoms. The number of hydrogen-bond donors (Lipinski definition) is 2. The number of rotatable bonds is 2. The quantitative estimate of drug-likeness (QED) is 0.609. The Morgan fingerprint density at radius 2 is 2.36 bits per heavy atom. The molecular weight excluding hydrogens is 148 g/mol. The SMILES string of the molecule is O=C(O)c1ccnc(CO)n1. The Morgan fingerprint density at radius 3 is 2.91 bits per heavy atom. The molecule has 0 bridgehead atoms. The third-order valence-corrected chi connectivity index (χ3v) is 1.07. The van der Waals surface area contributed by atoms with E-state index in [-0.39, 0.29) is 18.1 Å². The van der Waals surface area contributed by atoms with Gasteiger partial charge in [-0.3, -0.25) is 0 Å². The fourth-order valence-electron chi connectivity index (χ4n) is 0.594. The highest BCUT2D eigenvalue weighted by Crippen LogP contribution is 1.94. The molecule has 0 saturated heterocycles. The van der Waals surface area contributed by atoms with Gasteiger partial charge >= 0.3 is 5.97 Å². The van der Waals surface area contributed by atoms with Gasteiger partial charge in [0.05, 0.1) is 0 Å². The van der Waals surface area contributed by atoms with Crippen LogP contribution in [-0.4, -0.2) is 26.2 Å². The van der Waals surface area contributed by atoms with Crippen LogP contribution in [0.5, 0.6) is 0 Å². The first-order chi connectivity index (χ1) is 5.24. The van der Waals surface area contributed by atoms with Crippen molar-refractivity contribution in [3.05, 3.63) is 23.8 Å². The van der Waals surface area contributed by atoms with Crippen molar-refractivity contribution in [1.29, 1.82) is 0 Å². The number of aromatic nitrogens is 2. The minimum atomic E-state index is -1.12. The van der Waals surface area contributed by atoms with Crippen molar-refractivity contribution in [3.8, 4) is 0 Å². The minimum Gasteiger partial charge on any atom is -0.477 e. The van der Waals surface area contributed by atoms with E-state index in [4.69, 9.17) is 10.2 Å². The summed E-state index contributed by atoms with van der Waals surface area (Å²) in [6.45, 7) is -0.346. The summed E-state index contributed by atoms with van der Waals surface area (Å²) in [6.07, 6.45) is 1.29. The molecule has 0 aliphatic heterocycles. The Bertz CT molecular complexity index is 274. The lowest BCUT2D eigenvalue weighted by atomic mass is 10.4. The third kappa shape index (κ3) is 1.71. The third-order valence-electron chi connectivity index (χ3n) is 1.07. The van der Waals surface area contributed by atoms with Crippen LogP contribution in [0.2, 0.25) is 0 Å². The molecule has 0 saturated carbocycles. The van der Waals surface area contributed by atoms with Crippen LogP contribution in [0.25, 0.3) is 0 Å². The Morgan fingerprint density at radius 1 is 1.64 bits per heavy atom. The standard InChI is InChI=1S/C6H6N2O3/c9-3-5-7-2-1-4(8-5)6(10)11/h1-2,9H,3H2,(H,10,11). The maximum atomic E-state index is 10.3. The summed E-state index contributed by atoms with van der Waals surface area (Å²) in [5.41, 5.74) is -0.107. The van der Waals surface area contributed by atoms with E-state index in [1.165, 1.54) is 12.3 Å². The lowest BCUT2D eigenvalue weighted by Crippen LogP contribution is -2.04. The number of aliphatic hydroxyl groups excluding tert-OH is 1. The van der Waals surface area contributed by atoms with Crippen LogP contribution in [0.1, 0.15) is 16.3 Å². The second-order valence-electron chi connectivity index (χ2n) is 1.82. The van der Waals surface area contributed by atoms with Crippen LogP contribution in [0.15, 0.2) is 12.3 Å². The summed E-state index contributed by atoms with van der Waals surface area (Å²) in [6, 6.07) is 1.27. The van der Waals surface area contributed by atoms with Gasteiger partial charge in [0, 0.05) is 6.20 Å². The molecule has 0 radical (unpaired) electrons. The predicted octanol–water partition coefficient (Wildman–Crippen LogP) is -0.333. The number of carboxylic acids is 1. The molecule has 0 amide bonds. The van der Waals surface area contributed by atoms with Crippen LogP contribution >= 0.6 is 0 Å². The fourth-order valence-corrected chi connectivity index (χ4v) is 0.594. The fraction of sp³-hybridized carbons (Fsp3) is 0.167. The topological polar surface area (TPSA) is 83.3 Å². The Hall–Kier alpha value is -1.49. The van der Waals surface area contributed by atoms with E-state index in [1.807, 2.05) is 0 Å². The number of aliphatic hydroxyl groups is 1. The van der Waals surface area contributed by atoms with E-state index in [1.54, 1.807) is 0 Å². The van der Waals surface area contributed by atoms with Crippen molar-refractivity contribution >= 4 is 5.97 Å². The first kappa shape index (κ1) is 7.62. The molecule has 0 unspecified atom stereocenters. The van der Waals surface area contributed by atoms with E-state index in [2.05, 4.69) is 9.97 Å². The van der Waals surface area contributed by atoms with Gasteiger partial charge in [-0.2, -0.15) is 0 Å². The summed E-state index contributed by atoms with van der Waals surface area (Å²) in [7, 11) is 0. The number of nitrogens with zero attached hydrogens (tertiary/aromatic N) is 2. The van der Waals surface area contributed by atoms with Gasteiger partial charge in [-0.25, -0.2) is 14.8 Å². The highest BCUT2D eigenvalue weighted by molar-refractivity contribution is 5.85. The molecule has 0 spiro atoms. The van der Waals surface area contributed by atoms with E-state index < -0.39 is 5.97 Å². The summed E-state index contributed by atoms with van der Waals surface area (Å²) >= 11 is 0. The lowest BCUT2D eigenvalue weighted by Gasteiger charge is -1.94. The van der Waals surface area contributed by atoms with Gasteiger partial charge < -0.3 is 10.2 Å². The second-order valence-corrected chi connectivity index (χ2v) is 1.82. The predicted molar refractivity (Wildman–Crippen MR) is 34.9 cm³/mol. The maximum Gasteiger partial charge on any atom is 0.354 e. The van der Waals surface area contributed by atoms with Gasteiger partial charge in [0.2, 0.25) is 0 Å². The van der Waals surface area contributed by atoms with E-state index in [0.29, 0.717) is 0 Å². The summed E-state index contributed by atoms with van der Waals surface area (Å²) in [5.74, 6) is -1.01. The van der Waals surface area contributed by atoms with Gasteiger partial charge in [-0.05, 0) is 6.07 Å². The molecule has 2 N–H and O–H groups in total. The van der Waals surface area contributed by atoms with Crippen LogP contribution in [0, 0.1) is 0 Å². The highest BCUT2D eigenvalue weighted by Gasteiger charge is 2.04. The van der Waals surface area contributed by atoms with E-state index in [9.17, 15) is 4.79 Å². The van der Waals surface area contributed by atoms with Crippen molar-refractivity contribution < 1.29 is 15.0 Å². The molecule has 1 rings (SSSR count). The monoisotopic (exact) mass is 154 g/mol. The molecule has 1 heterocycles. The van der Waals surface area contributed by atoms with Crippen molar-refractivity contribution in [1.82, 2.24) is 9.97 Å². The molecule has 1 aromatic rings. The molecule has 0 aromatic carbocycles. The molecule has 0 atom stereocenters.